The van der Waals surface area contributed by atoms with Crippen LogP contribution in [0.2, 0.25) is 0 Å². The summed E-state index contributed by atoms with van der Waals surface area (Å²) in [6.45, 7) is 3.18. The number of nitrogens with zero attached hydrogens (tertiary/aromatic N) is 3. The summed E-state index contributed by atoms with van der Waals surface area (Å²) in [6, 6.07) is 2.26. The molecule has 0 aromatic carbocycles. The van der Waals surface area contributed by atoms with Gasteiger partial charge in [-0.15, -0.1) is 10.2 Å². The lowest BCUT2D eigenvalue weighted by molar-refractivity contribution is -0.141. The molecule has 0 saturated carbocycles. The van der Waals surface area contributed by atoms with Crippen molar-refractivity contribution in [3.8, 4) is 0 Å². The van der Waals surface area contributed by atoms with Gasteiger partial charge in [0.05, 0.1) is 5.54 Å². The molecule has 2 heterocycles. The van der Waals surface area contributed by atoms with Crippen molar-refractivity contribution < 1.29 is 13.2 Å². The van der Waals surface area contributed by atoms with Gasteiger partial charge in [0.25, 0.3) is 0 Å². The maximum atomic E-state index is 12.3. The van der Waals surface area contributed by atoms with Crippen LogP contribution in [0.1, 0.15) is 19.0 Å². The van der Waals surface area contributed by atoms with E-state index < -0.39 is 11.9 Å². The molecule has 94 valence electrons. The molecule has 4 nitrogen and oxygen atoms in total. The first kappa shape index (κ1) is 12.1. The van der Waals surface area contributed by atoms with Gasteiger partial charge >= 0.3 is 6.18 Å². The molecule has 0 atom stereocenters. The second-order valence-electron chi connectivity index (χ2n) is 4.35. The van der Waals surface area contributed by atoms with Gasteiger partial charge in [0.1, 0.15) is 0 Å². The second-order valence-corrected chi connectivity index (χ2v) is 4.35. The van der Waals surface area contributed by atoms with Gasteiger partial charge in [0.2, 0.25) is 0 Å². The summed E-state index contributed by atoms with van der Waals surface area (Å²) in [5, 5.41) is 6.74. The molecule has 1 saturated heterocycles. The van der Waals surface area contributed by atoms with Gasteiger partial charge in [-0.1, -0.05) is 6.92 Å². The first-order valence-corrected chi connectivity index (χ1v) is 5.29. The molecule has 0 spiro atoms. The van der Waals surface area contributed by atoms with Gasteiger partial charge in [-0.3, -0.25) is 0 Å². The largest absolute Gasteiger partial charge is 0.435 e. The van der Waals surface area contributed by atoms with Crippen LogP contribution in [0.3, 0.4) is 0 Å². The van der Waals surface area contributed by atoms with Crippen LogP contribution < -0.4 is 10.6 Å². The number of hydrogen-bond acceptors (Lipinski definition) is 4. The summed E-state index contributed by atoms with van der Waals surface area (Å²) in [5.74, 6) is 0.438. The minimum atomic E-state index is -4.44. The van der Waals surface area contributed by atoms with E-state index in [-0.39, 0.29) is 5.54 Å². The molecule has 1 aliphatic heterocycles. The number of nitrogens with two attached hydrogens (primary N) is 1. The van der Waals surface area contributed by atoms with Crippen molar-refractivity contribution in [2.75, 3.05) is 18.0 Å². The van der Waals surface area contributed by atoms with E-state index in [1.807, 2.05) is 11.8 Å². The van der Waals surface area contributed by atoms with Crippen molar-refractivity contribution in [3.63, 3.8) is 0 Å². The molecule has 1 aliphatic rings. The van der Waals surface area contributed by atoms with E-state index in [0.717, 1.165) is 12.5 Å². The number of aromatic nitrogens is 2. The lowest BCUT2D eigenvalue weighted by atomic mass is 9.88. The number of rotatable bonds is 2. The Balaban J connectivity index is 2.06. The van der Waals surface area contributed by atoms with Crippen LogP contribution in [0.4, 0.5) is 19.0 Å². The van der Waals surface area contributed by atoms with Crippen LogP contribution in [-0.4, -0.2) is 28.8 Å². The predicted molar refractivity (Wildman–Crippen MR) is 56.5 cm³/mol. The van der Waals surface area contributed by atoms with Crippen LogP contribution in [-0.2, 0) is 6.18 Å². The molecule has 0 radical (unpaired) electrons. The third-order valence-electron chi connectivity index (χ3n) is 2.98. The van der Waals surface area contributed by atoms with Crippen molar-refractivity contribution in [1.29, 1.82) is 0 Å². The molecule has 2 N–H and O–H groups in total. The van der Waals surface area contributed by atoms with Gasteiger partial charge in [-0.25, -0.2) is 0 Å². The molecular formula is C10H13F3N4. The van der Waals surface area contributed by atoms with Gasteiger partial charge in [-0.2, -0.15) is 13.2 Å². The molecule has 7 heteroatoms. The zero-order valence-corrected chi connectivity index (χ0v) is 9.33. The highest BCUT2D eigenvalue weighted by Gasteiger charge is 2.39. The van der Waals surface area contributed by atoms with E-state index in [4.69, 9.17) is 5.73 Å². The van der Waals surface area contributed by atoms with Crippen molar-refractivity contribution in [2.45, 2.75) is 25.1 Å². The SMILES string of the molecule is CCC1(N)CN(c2ccc(C(F)(F)F)nn2)C1. The normalized spacial score (nSPS) is 19.0. The summed E-state index contributed by atoms with van der Waals surface area (Å²) in [6.07, 6.45) is -3.61. The Morgan fingerprint density at radius 2 is 2.00 bits per heavy atom. The molecule has 0 bridgehead atoms. The standard InChI is InChI=1S/C10H13F3N4/c1-2-9(14)5-17(6-9)8-4-3-7(15-16-8)10(11,12)13/h3-4H,2,5-6,14H2,1H3. The summed E-state index contributed by atoms with van der Waals surface area (Å²) in [7, 11) is 0. The van der Waals surface area contributed by atoms with Crippen LogP contribution in [0, 0.1) is 0 Å². The molecule has 1 fully saturated rings. The third kappa shape index (κ3) is 2.33. The average Bonchev–Trinajstić information content (AvgIpc) is 2.24. The Labute approximate surface area is 96.6 Å². The first-order valence-electron chi connectivity index (χ1n) is 5.29. The highest BCUT2D eigenvalue weighted by atomic mass is 19.4. The van der Waals surface area contributed by atoms with Crippen LogP contribution in [0.15, 0.2) is 12.1 Å². The average molecular weight is 246 g/mol. The molecule has 0 amide bonds. The summed E-state index contributed by atoms with van der Waals surface area (Å²) in [5.41, 5.74) is 4.74. The van der Waals surface area contributed by atoms with Crippen molar-refractivity contribution >= 4 is 5.82 Å². The monoisotopic (exact) mass is 246 g/mol. The highest BCUT2D eigenvalue weighted by molar-refractivity contribution is 5.43. The Morgan fingerprint density at radius 3 is 2.41 bits per heavy atom. The molecule has 1 aromatic rings. The van der Waals surface area contributed by atoms with Crippen molar-refractivity contribution in [2.24, 2.45) is 5.73 Å². The van der Waals surface area contributed by atoms with Gasteiger partial charge < -0.3 is 10.6 Å². The second kappa shape index (κ2) is 3.83. The van der Waals surface area contributed by atoms with E-state index in [0.29, 0.717) is 18.9 Å². The van der Waals surface area contributed by atoms with Crippen LogP contribution in [0.5, 0.6) is 0 Å². The van der Waals surface area contributed by atoms with E-state index in [2.05, 4.69) is 10.2 Å². The summed E-state index contributed by atoms with van der Waals surface area (Å²) >= 11 is 0. The summed E-state index contributed by atoms with van der Waals surface area (Å²) in [4.78, 5) is 1.82. The number of anilines is 1. The predicted octanol–water partition coefficient (Wildman–Crippen LogP) is 1.42. The Morgan fingerprint density at radius 1 is 1.35 bits per heavy atom. The minimum Gasteiger partial charge on any atom is -0.351 e. The van der Waals surface area contributed by atoms with Crippen LogP contribution in [0.25, 0.3) is 0 Å². The van der Waals surface area contributed by atoms with E-state index in [1.54, 1.807) is 0 Å². The zero-order chi connectivity index (χ0) is 12.7. The molecule has 2 rings (SSSR count). The Bertz CT molecular complexity index is 395. The maximum Gasteiger partial charge on any atom is 0.435 e. The highest BCUT2D eigenvalue weighted by Crippen LogP contribution is 2.30. The van der Waals surface area contributed by atoms with Crippen LogP contribution >= 0.6 is 0 Å². The zero-order valence-electron chi connectivity index (χ0n) is 9.33. The van der Waals surface area contributed by atoms with Gasteiger partial charge in [0.15, 0.2) is 11.5 Å². The van der Waals surface area contributed by atoms with E-state index in [1.165, 1.54) is 6.07 Å². The van der Waals surface area contributed by atoms with Crippen molar-refractivity contribution in [3.05, 3.63) is 17.8 Å². The molecule has 0 aliphatic carbocycles. The molecule has 1 aromatic heterocycles. The van der Waals surface area contributed by atoms with Gasteiger partial charge in [0, 0.05) is 13.1 Å². The number of hydrogen-bond donors (Lipinski definition) is 1. The van der Waals surface area contributed by atoms with E-state index >= 15 is 0 Å². The Hall–Kier alpha value is -1.37. The molecule has 0 unspecified atom stereocenters. The lowest BCUT2D eigenvalue weighted by Gasteiger charge is -2.47. The van der Waals surface area contributed by atoms with E-state index in [9.17, 15) is 13.2 Å². The quantitative estimate of drug-likeness (QED) is 0.857. The number of alkyl halides is 3. The first-order chi connectivity index (χ1) is 7.84. The molecular weight excluding hydrogens is 233 g/mol. The fraction of sp³-hybridized carbons (Fsp3) is 0.600. The maximum absolute atomic E-state index is 12.3. The third-order valence-corrected chi connectivity index (χ3v) is 2.98. The topological polar surface area (TPSA) is 55.0 Å². The Kier molecular flexibility index (Phi) is 2.73. The lowest BCUT2D eigenvalue weighted by Crippen LogP contribution is -2.67. The smallest absolute Gasteiger partial charge is 0.351 e. The minimum absolute atomic E-state index is 0.246. The number of halogens is 3. The van der Waals surface area contributed by atoms with Crippen molar-refractivity contribution in [1.82, 2.24) is 10.2 Å². The fourth-order valence-electron chi connectivity index (χ4n) is 1.74. The fourth-order valence-corrected chi connectivity index (χ4v) is 1.74. The van der Waals surface area contributed by atoms with Gasteiger partial charge in [-0.05, 0) is 18.6 Å². The molecule has 17 heavy (non-hydrogen) atoms. The summed E-state index contributed by atoms with van der Waals surface area (Å²) < 4.78 is 36.8.